The highest BCUT2D eigenvalue weighted by Gasteiger charge is 2.19. The molecule has 6 heteroatoms. The number of hydrogen-bond donors (Lipinski definition) is 1. The molecule has 0 spiro atoms. The van der Waals surface area contributed by atoms with Gasteiger partial charge < -0.3 is 9.88 Å². The van der Waals surface area contributed by atoms with Crippen molar-refractivity contribution >= 4 is 28.6 Å². The van der Waals surface area contributed by atoms with Crippen LogP contribution in [0.25, 0.3) is 10.9 Å². The van der Waals surface area contributed by atoms with Crippen molar-refractivity contribution in [3.63, 3.8) is 0 Å². The molecule has 2 aromatic carbocycles. The Morgan fingerprint density at radius 1 is 1.11 bits per heavy atom. The number of nitrogens with zero attached hydrogens (tertiary/aromatic N) is 2. The SMILES string of the molecule is Cc1ccc(Nc2c(C=O)n(Cc3ccccc3F)c3ccncc23)c(F)c1. The van der Waals surface area contributed by atoms with Crippen molar-refractivity contribution in [2.24, 2.45) is 0 Å². The van der Waals surface area contributed by atoms with Crippen molar-refractivity contribution in [2.75, 3.05) is 5.32 Å². The van der Waals surface area contributed by atoms with Crippen molar-refractivity contribution in [1.82, 2.24) is 9.55 Å². The Kier molecular flexibility index (Phi) is 4.61. The molecule has 0 atom stereocenters. The first-order valence-corrected chi connectivity index (χ1v) is 8.76. The Labute approximate surface area is 160 Å². The van der Waals surface area contributed by atoms with Crippen LogP contribution in [0.15, 0.2) is 60.9 Å². The third-order valence-electron chi connectivity index (χ3n) is 4.69. The number of aryl methyl sites for hydroxylation is 1. The first-order chi connectivity index (χ1) is 13.6. The topological polar surface area (TPSA) is 46.9 Å². The fourth-order valence-electron chi connectivity index (χ4n) is 3.30. The highest BCUT2D eigenvalue weighted by molar-refractivity contribution is 6.03. The van der Waals surface area contributed by atoms with E-state index in [0.29, 0.717) is 34.1 Å². The predicted octanol–water partition coefficient (Wildman–Crippen LogP) is 5.23. The molecule has 0 aliphatic heterocycles. The van der Waals surface area contributed by atoms with E-state index >= 15 is 0 Å². The van der Waals surface area contributed by atoms with Gasteiger partial charge in [0.15, 0.2) is 6.29 Å². The second-order valence-electron chi connectivity index (χ2n) is 6.56. The quantitative estimate of drug-likeness (QED) is 0.485. The van der Waals surface area contributed by atoms with Crippen molar-refractivity contribution in [1.29, 1.82) is 0 Å². The number of anilines is 2. The summed E-state index contributed by atoms with van der Waals surface area (Å²) < 4.78 is 30.2. The summed E-state index contributed by atoms with van der Waals surface area (Å²) in [6.45, 7) is 1.97. The van der Waals surface area contributed by atoms with Gasteiger partial charge in [0, 0.05) is 23.3 Å². The summed E-state index contributed by atoms with van der Waals surface area (Å²) in [6.07, 6.45) is 3.90. The van der Waals surface area contributed by atoms with Gasteiger partial charge in [-0.2, -0.15) is 0 Å². The van der Waals surface area contributed by atoms with E-state index < -0.39 is 5.82 Å². The first kappa shape index (κ1) is 17.9. The third kappa shape index (κ3) is 3.13. The van der Waals surface area contributed by atoms with E-state index in [1.807, 2.05) is 0 Å². The normalized spacial score (nSPS) is 11.0. The third-order valence-corrected chi connectivity index (χ3v) is 4.69. The van der Waals surface area contributed by atoms with Gasteiger partial charge in [0.2, 0.25) is 0 Å². The summed E-state index contributed by atoms with van der Waals surface area (Å²) in [7, 11) is 0. The molecular formula is C22H17F2N3O. The van der Waals surface area contributed by atoms with Crippen molar-refractivity contribution in [3.8, 4) is 0 Å². The standard InChI is InChI=1S/C22H17F2N3O/c1-14-6-7-19(18(24)10-14)26-22-16-11-25-9-8-20(16)27(21(22)13-28)12-15-4-2-3-5-17(15)23/h2-11,13,26H,12H2,1H3. The minimum absolute atomic E-state index is 0.166. The Bertz CT molecular complexity index is 1180. The fraction of sp³-hybridized carbons (Fsp3) is 0.0909. The molecule has 2 heterocycles. The molecule has 0 bridgehead atoms. The highest BCUT2D eigenvalue weighted by Crippen LogP contribution is 2.33. The van der Waals surface area contributed by atoms with Crippen molar-refractivity contribution in [3.05, 3.63) is 89.4 Å². The molecule has 0 aliphatic rings. The predicted molar refractivity (Wildman–Crippen MR) is 105 cm³/mol. The summed E-state index contributed by atoms with van der Waals surface area (Å²) in [5, 5.41) is 3.68. The Morgan fingerprint density at radius 2 is 1.93 bits per heavy atom. The molecule has 1 N–H and O–H groups in total. The molecule has 4 aromatic rings. The van der Waals surface area contributed by atoms with Crippen LogP contribution in [-0.4, -0.2) is 15.8 Å². The lowest BCUT2D eigenvalue weighted by molar-refractivity contribution is 0.111. The lowest BCUT2D eigenvalue weighted by Gasteiger charge is -2.10. The zero-order chi connectivity index (χ0) is 19.7. The summed E-state index contributed by atoms with van der Waals surface area (Å²) in [5.41, 5.74) is 2.94. The van der Waals surface area contributed by atoms with E-state index in [2.05, 4.69) is 10.3 Å². The average molecular weight is 377 g/mol. The molecule has 0 saturated heterocycles. The molecule has 140 valence electrons. The van der Waals surface area contributed by atoms with E-state index in [-0.39, 0.29) is 18.0 Å². The van der Waals surface area contributed by atoms with E-state index in [1.54, 1.807) is 60.3 Å². The van der Waals surface area contributed by atoms with Crippen molar-refractivity contribution < 1.29 is 13.6 Å². The van der Waals surface area contributed by atoms with Crippen LogP contribution < -0.4 is 5.32 Å². The van der Waals surface area contributed by atoms with Crippen LogP contribution in [0, 0.1) is 18.6 Å². The van der Waals surface area contributed by atoms with Crippen LogP contribution in [0.1, 0.15) is 21.6 Å². The summed E-state index contributed by atoms with van der Waals surface area (Å²) in [5.74, 6) is -0.773. The highest BCUT2D eigenvalue weighted by atomic mass is 19.1. The molecule has 0 amide bonds. The Balaban J connectivity index is 1.87. The Hall–Kier alpha value is -3.54. The van der Waals surface area contributed by atoms with Gasteiger partial charge in [-0.05, 0) is 36.8 Å². The number of carbonyl (C=O) groups excluding carboxylic acids is 1. The molecule has 4 nitrogen and oxygen atoms in total. The molecule has 0 saturated carbocycles. The minimum atomic E-state index is -0.421. The van der Waals surface area contributed by atoms with Crippen molar-refractivity contribution in [2.45, 2.75) is 13.5 Å². The smallest absolute Gasteiger partial charge is 0.168 e. The maximum atomic E-state index is 14.4. The zero-order valence-corrected chi connectivity index (χ0v) is 15.1. The molecule has 4 rings (SSSR count). The number of pyridine rings is 1. The average Bonchev–Trinajstić information content (AvgIpc) is 2.98. The number of aldehydes is 1. The second kappa shape index (κ2) is 7.23. The number of rotatable bonds is 5. The second-order valence-corrected chi connectivity index (χ2v) is 6.56. The number of benzene rings is 2. The van der Waals surface area contributed by atoms with Gasteiger partial charge in [-0.15, -0.1) is 0 Å². The molecule has 0 fully saturated rings. The minimum Gasteiger partial charge on any atom is -0.351 e. The monoisotopic (exact) mass is 377 g/mol. The molecule has 28 heavy (non-hydrogen) atoms. The maximum absolute atomic E-state index is 14.4. The van der Waals surface area contributed by atoms with Gasteiger partial charge >= 0.3 is 0 Å². The van der Waals surface area contributed by atoms with Gasteiger partial charge in [0.25, 0.3) is 0 Å². The molecule has 0 aliphatic carbocycles. The molecule has 2 aromatic heterocycles. The number of carbonyl (C=O) groups is 1. The van der Waals surface area contributed by atoms with Crippen LogP contribution in [0.5, 0.6) is 0 Å². The van der Waals surface area contributed by atoms with Gasteiger partial charge in [-0.3, -0.25) is 9.78 Å². The van der Waals surface area contributed by atoms with Crippen LogP contribution in [0.3, 0.4) is 0 Å². The summed E-state index contributed by atoms with van der Waals surface area (Å²) in [6, 6.07) is 13.0. The molecule has 0 unspecified atom stereocenters. The van der Waals surface area contributed by atoms with E-state index in [0.717, 1.165) is 5.56 Å². The van der Waals surface area contributed by atoms with E-state index in [4.69, 9.17) is 0 Å². The number of halogens is 2. The van der Waals surface area contributed by atoms with Gasteiger partial charge in [0.05, 0.1) is 23.4 Å². The largest absolute Gasteiger partial charge is 0.351 e. The van der Waals surface area contributed by atoms with Gasteiger partial charge in [0.1, 0.15) is 17.3 Å². The number of aromatic nitrogens is 2. The van der Waals surface area contributed by atoms with Crippen LogP contribution >= 0.6 is 0 Å². The van der Waals surface area contributed by atoms with Crippen LogP contribution in [-0.2, 0) is 6.54 Å². The van der Waals surface area contributed by atoms with Crippen LogP contribution in [0.4, 0.5) is 20.2 Å². The van der Waals surface area contributed by atoms with Gasteiger partial charge in [-0.1, -0.05) is 24.3 Å². The lowest BCUT2D eigenvalue weighted by atomic mass is 10.2. The number of nitrogens with one attached hydrogen (secondary N) is 1. The molecular weight excluding hydrogens is 360 g/mol. The summed E-state index contributed by atoms with van der Waals surface area (Å²) in [4.78, 5) is 16.1. The molecule has 0 radical (unpaired) electrons. The maximum Gasteiger partial charge on any atom is 0.168 e. The summed E-state index contributed by atoms with van der Waals surface area (Å²) >= 11 is 0. The fourth-order valence-corrected chi connectivity index (χ4v) is 3.30. The van der Waals surface area contributed by atoms with Crippen LogP contribution in [0.2, 0.25) is 0 Å². The Morgan fingerprint density at radius 3 is 2.68 bits per heavy atom. The number of fused-ring (bicyclic) bond motifs is 1. The zero-order valence-electron chi connectivity index (χ0n) is 15.1. The first-order valence-electron chi connectivity index (χ1n) is 8.76. The van der Waals surface area contributed by atoms with E-state index in [9.17, 15) is 13.6 Å². The van der Waals surface area contributed by atoms with Gasteiger partial charge in [-0.25, -0.2) is 8.78 Å². The lowest BCUT2D eigenvalue weighted by Crippen LogP contribution is -2.06. The van der Waals surface area contributed by atoms with E-state index in [1.165, 1.54) is 12.1 Å². The number of hydrogen-bond acceptors (Lipinski definition) is 3.